The maximum atomic E-state index is 12.7. The second kappa shape index (κ2) is 7.13. The van der Waals surface area contributed by atoms with Gasteiger partial charge in [-0.3, -0.25) is 10.1 Å². The number of amides is 1. The van der Waals surface area contributed by atoms with Crippen molar-refractivity contribution in [2.75, 3.05) is 18.4 Å². The van der Waals surface area contributed by atoms with Crippen LogP contribution in [0.3, 0.4) is 0 Å². The molecule has 1 aliphatic carbocycles. The second-order valence-electron chi connectivity index (χ2n) is 6.77. The van der Waals surface area contributed by atoms with Gasteiger partial charge in [-0.15, -0.1) is 11.3 Å². The van der Waals surface area contributed by atoms with Crippen LogP contribution in [0.2, 0.25) is 0 Å². The van der Waals surface area contributed by atoms with Crippen molar-refractivity contribution < 1.29 is 17.7 Å². The third-order valence-electron chi connectivity index (χ3n) is 5.04. The zero-order valence-corrected chi connectivity index (χ0v) is 15.9. The van der Waals surface area contributed by atoms with E-state index >= 15 is 0 Å². The molecule has 0 saturated carbocycles. The number of thiophene rings is 1. The highest BCUT2D eigenvalue weighted by Crippen LogP contribution is 2.30. The van der Waals surface area contributed by atoms with E-state index in [4.69, 9.17) is 4.52 Å². The smallest absolute Gasteiger partial charge is 0.252 e. The Morgan fingerprint density at radius 1 is 1.31 bits per heavy atom. The molecule has 3 heterocycles. The molecule has 1 aliphatic heterocycles. The fourth-order valence-electron chi connectivity index (χ4n) is 3.62. The molecule has 2 aromatic heterocycles. The molecule has 140 valence electrons. The Balaban J connectivity index is 1.46. The van der Waals surface area contributed by atoms with Gasteiger partial charge in [-0.1, -0.05) is 11.2 Å². The standard InChI is InChI=1S/C17H21N3O4S2/c21-16(18-17-13-6-1-2-7-14(13)19-24-17)12-5-3-9-20(11-12)26(22,23)15-8-4-10-25-15/h4,8,10,12H,1-3,5-7,9,11H2,(H,18,21)/t12-/m0/s1. The molecule has 0 radical (unpaired) electrons. The fraction of sp³-hybridized carbons (Fsp3) is 0.529. The third-order valence-corrected chi connectivity index (χ3v) is 8.28. The van der Waals surface area contributed by atoms with Crippen molar-refractivity contribution in [3.63, 3.8) is 0 Å². The molecule has 9 heteroatoms. The first-order valence-electron chi connectivity index (χ1n) is 8.87. The molecule has 7 nitrogen and oxygen atoms in total. The number of hydrogen-bond acceptors (Lipinski definition) is 6. The lowest BCUT2D eigenvalue weighted by atomic mass is 9.96. The Hall–Kier alpha value is -1.71. The molecule has 4 rings (SSSR count). The molecular formula is C17H21N3O4S2. The van der Waals surface area contributed by atoms with Crippen LogP contribution in [0, 0.1) is 5.92 Å². The van der Waals surface area contributed by atoms with Gasteiger partial charge in [0.2, 0.25) is 11.8 Å². The maximum Gasteiger partial charge on any atom is 0.252 e. The number of aryl methyl sites for hydroxylation is 1. The minimum Gasteiger partial charge on any atom is -0.338 e. The summed E-state index contributed by atoms with van der Waals surface area (Å²) >= 11 is 1.20. The van der Waals surface area contributed by atoms with Gasteiger partial charge in [0.1, 0.15) is 4.21 Å². The lowest BCUT2D eigenvalue weighted by Gasteiger charge is -2.30. The van der Waals surface area contributed by atoms with Gasteiger partial charge in [0, 0.05) is 18.7 Å². The number of piperidine rings is 1. The van der Waals surface area contributed by atoms with Crippen LogP contribution < -0.4 is 5.32 Å². The molecular weight excluding hydrogens is 374 g/mol. The Labute approximate surface area is 156 Å². The first kappa shape index (κ1) is 17.7. The SMILES string of the molecule is O=C(Nc1onc2c1CCCC2)[C@H]1CCCN(S(=O)(=O)c2cccs2)C1. The van der Waals surface area contributed by atoms with Gasteiger partial charge in [0.25, 0.3) is 10.0 Å². The second-order valence-corrected chi connectivity index (χ2v) is 9.88. The normalized spacial score (nSPS) is 21.3. The third kappa shape index (κ3) is 3.30. The summed E-state index contributed by atoms with van der Waals surface area (Å²) in [5, 5.41) is 8.63. The number of nitrogens with zero attached hydrogens (tertiary/aromatic N) is 2. The van der Waals surface area contributed by atoms with Crippen molar-refractivity contribution in [1.82, 2.24) is 9.46 Å². The number of nitrogens with one attached hydrogen (secondary N) is 1. The van der Waals surface area contributed by atoms with Crippen LogP contribution in [0.5, 0.6) is 0 Å². The van der Waals surface area contributed by atoms with E-state index in [0.29, 0.717) is 29.5 Å². The molecule has 0 unspecified atom stereocenters. The average Bonchev–Trinajstić information content (AvgIpc) is 3.33. The van der Waals surface area contributed by atoms with Crippen LogP contribution in [-0.4, -0.2) is 36.9 Å². The molecule has 26 heavy (non-hydrogen) atoms. The molecule has 1 saturated heterocycles. The minimum atomic E-state index is -3.53. The average molecular weight is 396 g/mol. The van der Waals surface area contributed by atoms with Crippen molar-refractivity contribution in [3.8, 4) is 0 Å². The largest absolute Gasteiger partial charge is 0.338 e. The maximum absolute atomic E-state index is 12.7. The van der Waals surface area contributed by atoms with Crippen LogP contribution in [0.4, 0.5) is 5.88 Å². The van der Waals surface area contributed by atoms with Gasteiger partial charge in [-0.05, 0) is 50.0 Å². The predicted octanol–water partition coefficient (Wildman–Crippen LogP) is 2.65. The van der Waals surface area contributed by atoms with Gasteiger partial charge in [-0.2, -0.15) is 4.31 Å². The molecule has 0 bridgehead atoms. The number of fused-ring (bicyclic) bond motifs is 1. The van der Waals surface area contributed by atoms with Gasteiger partial charge >= 0.3 is 0 Å². The van der Waals surface area contributed by atoms with E-state index in [0.717, 1.165) is 36.9 Å². The van der Waals surface area contributed by atoms with Crippen molar-refractivity contribution in [3.05, 3.63) is 28.8 Å². The minimum absolute atomic E-state index is 0.194. The number of aromatic nitrogens is 1. The van der Waals surface area contributed by atoms with Crippen molar-refractivity contribution in [2.24, 2.45) is 5.92 Å². The number of carbonyl (C=O) groups excluding carboxylic acids is 1. The van der Waals surface area contributed by atoms with Crippen LogP contribution in [0.25, 0.3) is 0 Å². The Kier molecular flexibility index (Phi) is 4.85. The summed E-state index contributed by atoms with van der Waals surface area (Å²) in [4.78, 5) is 12.7. The first-order valence-corrected chi connectivity index (χ1v) is 11.2. The molecule has 1 fully saturated rings. The van der Waals surface area contributed by atoms with Gasteiger partial charge in [0.15, 0.2) is 0 Å². The van der Waals surface area contributed by atoms with Crippen molar-refractivity contribution >= 4 is 33.2 Å². The summed E-state index contributed by atoms with van der Waals surface area (Å²) in [7, 11) is -3.53. The van der Waals surface area contributed by atoms with Gasteiger partial charge < -0.3 is 4.52 Å². The Morgan fingerprint density at radius 2 is 2.15 bits per heavy atom. The van der Waals surface area contributed by atoms with Crippen LogP contribution >= 0.6 is 11.3 Å². The van der Waals surface area contributed by atoms with E-state index in [9.17, 15) is 13.2 Å². The van der Waals surface area contributed by atoms with Gasteiger partial charge in [0.05, 0.1) is 11.6 Å². The number of hydrogen-bond donors (Lipinski definition) is 1. The van der Waals surface area contributed by atoms with E-state index in [1.54, 1.807) is 17.5 Å². The molecule has 1 N–H and O–H groups in total. The van der Waals surface area contributed by atoms with E-state index in [-0.39, 0.29) is 18.4 Å². The summed E-state index contributed by atoms with van der Waals surface area (Å²) in [5.74, 6) is -0.147. The zero-order chi connectivity index (χ0) is 18.1. The number of rotatable bonds is 4. The first-order chi connectivity index (χ1) is 12.6. The quantitative estimate of drug-likeness (QED) is 0.859. The molecule has 0 aromatic carbocycles. The van der Waals surface area contributed by atoms with Crippen molar-refractivity contribution in [1.29, 1.82) is 0 Å². The highest BCUT2D eigenvalue weighted by Gasteiger charge is 2.34. The van der Waals surface area contributed by atoms with E-state index in [2.05, 4.69) is 10.5 Å². The zero-order valence-electron chi connectivity index (χ0n) is 14.3. The summed E-state index contributed by atoms with van der Waals surface area (Å²) in [5.41, 5.74) is 1.92. The molecule has 2 aliphatic rings. The molecule has 1 amide bonds. The number of carbonyl (C=O) groups is 1. The lowest BCUT2D eigenvalue weighted by molar-refractivity contribution is -0.121. The molecule has 1 atom stereocenters. The summed E-state index contributed by atoms with van der Waals surface area (Å²) in [6, 6.07) is 3.32. The van der Waals surface area contributed by atoms with Crippen molar-refractivity contribution in [2.45, 2.75) is 42.7 Å². The van der Waals surface area contributed by atoms with Crippen LogP contribution in [0.1, 0.15) is 36.9 Å². The number of sulfonamides is 1. The van der Waals surface area contributed by atoms with E-state index < -0.39 is 10.0 Å². The molecule has 2 aromatic rings. The molecule has 0 spiro atoms. The van der Waals surface area contributed by atoms with E-state index in [1.807, 2.05) is 0 Å². The monoisotopic (exact) mass is 395 g/mol. The predicted molar refractivity (Wildman–Crippen MR) is 97.6 cm³/mol. The Bertz CT molecular complexity index is 889. The fourth-order valence-corrected chi connectivity index (χ4v) is 6.28. The topological polar surface area (TPSA) is 92.5 Å². The Morgan fingerprint density at radius 3 is 2.96 bits per heavy atom. The van der Waals surface area contributed by atoms with Gasteiger partial charge in [-0.25, -0.2) is 8.42 Å². The van der Waals surface area contributed by atoms with E-state index in [1.165, 1.54) is 15.6 Å². The highest BCUT2D eigenvalue weighted by atomic mass is 32.2. The lowest BCUT2D eigenvalue weighted by Crippen LogP contribution is -2.43. The summed E-state index contributed by atoms with van der Waals surface area (Å²) in [6.07, 6.45) is 5.22. The number of anilines is 1. The van der Waals surface area contributed by atoms with Crippen LogP contribution in [0.15, 0.2) is 26.2 Å². The summed E-state index contributed by atoms with van der Waals surface area (Å²) in [6.45, 7) is 0.643. The summed E-state index contributed by atoms with van der Waals surface area (Å²) < 4.78 is 32.5. The van der Waals surface area contributed by atoms with Crippen LogP contribution in [-0.2, 0) is 27.7 Å². The highest BCUT2D eigenvalue weighted by molar-refractivity contribution is 7.91.